The van der Waals surface area contributed by atoms with E-state index in [1.54, 1.807) is 26.4 Å². The van der Waals surface area contributed by atoms with Gasteiger partial charge in [-0.15, -0.1) is 0 Å². The van der Waals surface area contributed by atoms with Crippen LogP contribution in [-0.4, -0.2) is 43.1 Å². The van der Waals surface area contributed by atoms with E-state index in [2.05, 4.69) is 0 Å². The van der Waals surface area contributed by atoms with E-state index in [1.165, 1.54) is 12.1 Å². The third-order valence-electron chi connectivity index (χ3n) is 5.08. The largest absolute Gasteiger partial charge is 0.493 e. The van der Waals surface area contributed by atoms with Crippen LogP contribution in [0.4, 0.5) is 5.69 Å². The second-order valence-corrected chi connectivity index (χ2v) is 6.67. The van der Waals surface area contributed by atoms with Gasteiger partial charge in [-0.2, -0.15) is 0 Å². The van der Waals surface area contributed by atoms with Crippen LogP contribution >= 0.6 is 0 Å². The summed E-state index contributed by atoms with van der Waals surface area (Å²) in [4.78, 5) is 24.7. The zero-order valence-corrected chi connectivity index (χ0v) is 16.7. The van der Waals surface area contributed by atoms with Crippen molar-refractivity contribution in [3.63, 3.8) is 0 Å². The molecule has 154 valence electrons. The van der Waals surface area contributed by atoms with E-state index in [0.717, 1.165) is 17.5 Å². The first kappa shape index (κ1) is 20.4. The summed E-state index contributed by atoms with van der Waals surface area (Å²) in [7, 11) is 3.17. The quantitative estimate of drug-likeness (QED) is 0.522. The lowest BCUT2D eigenvalue weighted by molar-refractivity contribution is -0.384. The second-order valence-electron chi connectivity index (χ2n) is 6.67. The van der Waals surface area contributed by atoms with Crippen LogP contribution in [0.25, 0.3) is 0 Å². The molecule has 0 saturated carbocycles. The van der Waals surface area contributed by atoms with Crippen LogP contribution < -0.4 is 14.2 Å². The van der Waals surface area contributed by atoms with Gasteiger partial charge in [0, 0.05) is 25.1 Å². The molecule has 1 aliphatic heterocycles. The lowest BCUT2D eigenvalue weighted by Crippen LogP contribution is -2.42. The fourth-order valence-corrected chi connectivity index (χ4v) is 3.55. The highest BCUT2D eigenvalue weighted by molar-refractivity contribution is 5.77. The van der Waals surface area contributed by atoms with E-state index in [1.807, 2.05) is 24.0 Å². The van der Waals surface area contributed by atoms with Crippen molar-refractivity contribution in [1.29, 1.82) is 0 Å². The molecule has 2 aromatic rings. The molecule has 1 atom stereocenters. The van der Waals surface area contributed by atoms with Crippen molar-refractivity contribution in [2.75, 3.05) is 27.4 Å². The molecule has 8 nitrogen and oxygen atoms in total. The Bertz CT molecular complexity index is 897. The van der Waals surface area contributed by atoms with E-state index in [4.69, 9.17) is 14.2 Å². The fourth-order valence-electron chi connectivity index (χ4n) is 3.55. The average Bonchev–Trinajstić information content (AvgIpc) is 2.75. The highest BCUT2D eigenvalue weighted by atomic mass is 16.6. The molecule has 0 fully saturated rings. The summed E-state index contributed by atoms with van der Waals surface area (Å²) >= 11 is 0. The van der Waals surface area contributed by atoms with Crippen LogP contribution in [0.15, 0.2) is 36.4 Å². The van der Waals surface area contributed by atoms with Gasteiger partial charge in [-0.3, -0.25) is 14.9 Å². The Kier molecular flexibility index (Phi) is 6.21. The van der Waals surface area contributed by atoms with E-state index in [9.17, 15) is 14.9 Å². The SMILES string of the molecule is CCC(=O)N1CCc2cc(OC)c(OC)cc2C1COc1ccc([N+](=O)[O-])cc1. The fraction of sp³-hybridized carbons (Fsp3) is 0.381. The van der Waals surface area contributed by atoms with Crippen molar-refractivity contribution >= 4 is 11.6 Å². The summed E-state index contributed by atoms with van der Waals surface area (Å²) in [6.07, 6.45) is 1.12. The van der Waals surface area contributed by atoms with Crippen LogP contribution in [0.3, 0.4) is 0 Å². The Morgan fingerprint density at radius 2 is 1.83 bits per heavy atom. The molecular formula is C21H24N2O6. The predicted molar refractivity (Wildman–Crippen MR) is 107 cm³/mol. The van der Waals surface area contributed by atoms with Gasteiger partial charge in [-0.05, 0) is 41.8 Å². The highest BCUT2D eigenvalue weighted by Gasteiger charge is 2.32. The van der Waals surface area contributed by atoms with Crippen LogP contribution in [0.2, 0.25) is 0 Å². The van der Waals surface area contributed by atoms with E-state index in [-0.39, 0.29) is 24.2 Å². The third-order valence-corrected chi connectivity index (χ3v) is 5.08. The number of ether oxygens (including phenoxy) is 3. The molecule has 0 radical (unpaired) electrons. The first-order valence-electron chi connectivity index (χ1n) is 9.40. The van der Waals surface area contributed by atoms with Gasteiger partial charge < -0.3 is 19.1 Å². The predicted octanol–water partition coefficient (Wildman–Crippen LogP) is 3.53. The average molecular weight is 400 g/mol. The van der Waals surface area contributed by atoms with Crippen LogP contribution in [0, 0.1) is 10.1 Å². The Morgan fingerprint density at radius 3 is 2.41 bits per heavy atom. The van der Waals surface area contributed by atoms with Crippen molar-refractivity contribution in [3.8, 4) is 17.2 Å². The second kappa shape index (κ2) is 8.81. The summed E-state index contributed by atoms with van der Waals surface area (Å²) in [6, 6.07) is 9.46. The number of carbonyl (C=O) groups is 1. The number of nitrogens with zero attached hydrogens (tertiary/aromatic N) is 2. The van der Waals surface area contributed by atoms with E-state index in [0.29, 0.717) is 30.2 Å². The Hall–Kier alpha value is -3.29. The third kappa shape index (κ3) is 4.26. The highest BCUT2D eigenvalue weighted by Crippen LogP contribution is 2.38. The lowest BCUT2D eigenvalue weighted by Gasteiger charge is -2.37. The molecule has 1 unspecified atom stereocenters. The number of hydrogen-bond acceptors (Lipinski definition) is 6. The number of hydrogen-bond donors (Lipinski definition) is 0. The number of non-ortho nitro benzene ring substituents is 1. The first-order chi connectivity index (χ1) is 14.0. The van der Waals surface area contributed by atoms with Gasteiger partial charge in [0.25, 0.3) is 5.69 Å². The summed E-state index contributed by atoms with van der Waals surface area (Å²) in [6.45, 7) is 2.65. The molecule has 0 aromatic heterocycles. The zero-order valence-electron chi connectivity index (χ0n) is 16.7. The molecule has 1 aliphatic rings. The van der Waals surface area contributed by atoms with Gasteiger partial charge in [-0.1, -0.05) is 6.92 Å². The van der Waals surface area contributed by atoms with Crippen LogP contribution in [0.1, 0.15) is 30.5 Å². The molecule has 1 heterocycles. The minimum Gasteiger partial charge on any atom is -0.493 e. The number of benzene rings is 2. The van der Waals surface area contributed by atoms with E-state index >= 15 is 0 Å². The molecule has 0 saturated heterocycles. The maximum Gasteiger partial charge on any atom is 0.269 e. The van der Waals surface area contributed by atoms with Crippen molar-refractivity contribution in [2.24, 2.45) is 0 Å². The Morgan fingerprint density at radius 1 is 1.17 bits per heavy atom. The van der Waals surface area contributed by atoms with Crippen LogP contribution in [0.5, 0.6) is 17.2 Å². The molecule has 2 aromatic carbocycles. The standard InChI is InChI=1S/C21H24N2O6/c1-4-21(24)22-10-9-14-11-19(27-2)20(28-3)12-17(14)18(22)13-29-16-7-5-15(6-8-16)23(25)26/h5-8,11-12,18H,4,9-10,13H2,1-3H3. The number of nitro benzene ring substituents is 1. The first-order valence-corrected chi connectivity index (χ1v) is 9.40. The minimum atomic E-state index is -0.456. The van der Waals surface area contributed by atoms with Gasteiger partial charge in [0.05, 0.1) is 25.2 Å². The molecule has 1 amide bonds. The Labute approximate surface area is 169 Å². The van der Waals surface area contributed by atoms with E-state index < -0.39 is 4.92 Å². The van der Waals surface area contributed by atoms with Crippen molar-refractivity contribution in [1.82, 2.24) is 4.90 Å². The van der Waals surface area contributed by atoms with Crippen LogP contribution in [-0.2, 0) is 11.2 Å². The van der Waals surface area contributed by atoms with Gasteiger partial charge in [0.15, 0.2) is 11.5 Å². The molecule has 0 N–H and O–H groups in total. The van der Waals surface area contributed by atoms with Gasteiger partial charge >= 0.3 is 0 Å². The van der Waals surface area contributed by atoms with Crippen molar-refractivity contribution in [3.05, 3.63) is 57.6 Å². The molecule has 3 rings (SSSR count). The monoisotopic (exact) mass is 400 g/mol. The molecule has 0 bridgehead atoms. The zero-order chi connectivity index (χ0) is 21.0. The van der Waals surface area contributed by atoms with Gasteiger partial charge in [0.1, 0.15) is 12.4 Å². The number of methoxy groups -OCH3 is 2. The number of amides is 1. The molecule has 29 heavy (non-hydrogen) atoms. The van der Waals surface area contributed by atoms with Gasteiger partial charge in [0.2, 0.25) is 5.91 Å². The summed E-state index contributed by atoms with van der Waals surface area (Å²) in [5, 5.41) is 10.8. The topological polar surface area (TPSA) is 91.1 Å². The molecule has 0 spiro atoms. The van der Waals surface area contributed by atoms with Crippen molar-refractivity contribution < 1.29 is 23.9 Å². The van der Waals surface area contributed by atoms with Gasteiger partial charge in [-0.25, -0.2) is 0 Å². The van der Waals surface area contributed by atoms with Crippen molar-refractivity contribution in [2.45, 2.75) is 25.8 Å². The molecule has 0 aliphatic carbocycles. The molecule has 8 heteroatoms. The smallest absolute Gasteiger partial charge is 0.269 e. The minimum absolute atomic E-state index is 0.0000179. The number of rotatable bonds is 7. The summed E-state index contributed by atoms with van der Waals surface area (Å²) < 4.78 is 16.7. The maximum absolute atomic E-state index is 12.5. The number of carbonyl (C=O) groups excluding carboxylic acids is 1. The molecular weight excluding hydrogens is 376 g/mol. The summed E-state index contributed by atoms with van der Waals surface area (Å²) in [5.74, 6) is 1.80. The number of nitro groups is 1. The number of fused-ring (bicyclic) bond motifs is 1. The summed E-state index contributed by atoms with van der Waals surface area (Å²) in [5.41, 5.74) is 2.04. The maximum atomic E-state index is 12.5. The Balaban J connectivity index is 1.90. The normalized spacial score (nSPS) is 15.4. The lowest BCUT2D eigenvalue weighted by atomic mass is 9.92.